The van der Waals surface area contributed by atoms with E-state index in [-0.39, 0.29) is 18.2 Å². The maximum Gasteiger partial charge on any atom is 0.404 e. The maximum atomic E-state index is 12.9. The van der Waals surface area contributed by atoms with Crippen molar-refractivity contribution < 1.29 is 14.6 Å². The summed E-state index contributed by atoms with van der Waals surface area (Å²) in [6.07, 6.45) is 3.71. The van der Waals surface area contributed by atoms with Crippen molar-refractivity contribution in [3.63, 3.8) is 0 Å². The molecule has 0 aliphatic heterocycles. The minimum absolute atomic E-state index is 0.106. The zero-order valence-electron chi connectivity index (χ0n) is 16.2. The predicted octanol–water partition coefficient (Wildman–Crippen LogP) is 3.97. The zero-order valence-corrected chi connectivity index (χ0v) is 17.8. The number of pyridine rings is 2. The molecule has 152 valence electrons. The van der Waals surface area contributed by atoms with Gasteiger partial charge >= 0.3 is 6.09 Å². The van der Waals surface area contributed by atoms with Crippen LogP contribution in [0.15, 0.2) is 33.7 Å². The van der Waals surface area contributed by atoms with E-state index >= 15 is 0 Å². The van der Waals surface area contributed by atoms with E-state index in [0.29, 0.717) is 22.7 Å². The average molecular weight is 460 g/mol. The lowest BCUT2D eigenvalue weighted by atomic mass is 10.1. The van der Waals surface area contributed by atoms with E-state index in [0.717, 1.165) is 40.0 Å². The molecule has 0 spiro atoms. The Labute approximate surface area is 175 Å². The summed E-state index contributed by atoms with van der Waals surface area (Å²) in [4.78, 5) is 28.2. The molecule has 1 fully saturated rings. The van der Waals surface area contributed by atoms with Crippen molar-refractivity contribution in [2.24, 2.45) is 13.0 Å². The van der Waals surface area contributed by atoms with Gasteiger partial charge in [0, 0.05) is 24.7 Å². The van der Waals surface area contributed by atoms with Crippen LogP contribution in [0.3, 0.4) is 0 Å². The number of carboxylic acid groups (broad SMARTS) is 1. The molecular formula is C21H22BrN3O4. The number of rotatable bonds is 6. The second kappa shape index (κ2) is 7.67. The molecule has 1 aliphatic rings. The van der Waals surface area contributed by atoms with Gasteiger partial charge in [-0.05, 0) is 52.7 Å². The van der Waals surface area contributed by atoms with Crippen molar-refractivity contribution in [3.05, 3.63) is 44.9 Å². The largest absolute Gasteiger partial charge is 0.490 e. The predicted molar refractivity (Wildman–Crippen MR) is 115 cm³/mol. The molecule has 2 heterocycles. The first-order chi connectivity index (χ1) is 13.8. The Hall–Kier alpha value is -2.61. The minimum atomic E-state index is -1.05. The highest BCUT2D eigenvalue weighted by atomic mass is 79.9. The van der Waals surface area contributed by atoms with Crippen LogP contribution in [0.5, 0.6) is 5.75 Å². The highest BCUT2D eigenvalue weighted by molar-refractivity contribution is 9.10. The molecule has 0 bridgehead atoms. The second-order valence-corrected chi connectivity index (χ2v) is 8.47. The number of amides is 1. The third-order valence-electron chi connectivity index (χ3n) is 5.44. The van der Waals surface area contributed by atoms with Crippen LogP contribution in [0, 0.1) is 12.8 Å². The number of nitrogens with one attached hydrogen (secondary N) is 1. The maximum absolute atomic E-state index is 12.9. The third-order valence-corrected chi connectivity index (χ3v) is 6.06. The number of hydrogen-bond acceptors (Lipinski definition) is 4. The van der Waals surface area contributed by atoms with E-state index in [1.807, 2.05) is 25.1 Å². The summed E-state index contributed by atoms with van der Waals surface area (Å²) in [6, 6.07) is 5.34. The quantitative estimate of drug-likeness (QED) is 0.543. The van der Waals surface area contributed by atoms with Crippen molar-refractivity contribution in [3.8, 4) is 5.75 Å². The molecule has 7 nitrogen and oxygen atoms in total. The van der Waals surface area contributed by atoms with E-state index < -0.39 is 6.09 Å². The second-order valence-electron chi connectivity index (χ2n) is 7.62. The first-order valence-electron chi connectivity index (χ1n) is 9.55. The topological polar surface area (TPSA) is 93.5 Å². The SMILES string of the molecule is Cc1nccc2c1c(=O)n(C)c1cc(OCC(CC3CC3)NC(=O)O)c(Br)cc21. The number of hydrogen-bond donors (Lipinski definition) is 2. The van der Waals surface area contributed by atoms with Gasteiger partial charge in [-0.1, -0.05) is 12.8 Å². The van der Waals surface area contributed by atoms with E-state index in [1.165, 1.54) is 0 Å². The lowest BCUT2D eigenvalue weighted by Crippen LogP contribution is -2.38. The fourth-order valence-electron chi connectivity index (χ4n) is 3.77. The van der Waals surface area contributed by atoms with Crippen molar-refractivity contribution in [2.75, 3.05) is 6.61 Å². The molecule has 2 aromatic heterocycles. The summed E-state index contributed by atoms with van der Waals surface area (Å²) in [5.41, 5.74) is 1.34. The molecule has 4 rings (SSSR count). The number of carbonyl (C=O) groups is 1. The summed E-state index contributed by atoms with van der Waals surface area (Å²) in [7, 11) is 1.73. The Kier molecular flexibility index (Phi) is 5.21. The van der Waals surface area contributed by atoms with E-state index in [9.17, 15) is 9.59 Å². The first-order valence-corrected chi connectivity index (χ1v) is 10.3. The van der Waals surface area contributed by atoms with Gasteiger partial charge in [-0.2, -0.15) is 0 Å². The van der Waals surface area contributed by atoms with E-state index in [2.05, 4.69) is 26.2 Å². The van der Waals surface area contributed by atoms with Gasteiger partial charge in [-0.25, -0.2) is 4.79 Å². The molecule has 1 unspecified atom stereocenters. The number of halogens is 1. The highest BCUT2D eigenvalue weighted by Gasteiger charge is 2.27. The number of nitrogens with zero attached hydrogens (tertiary/aromatic N) is 2. The average Bonchev–Trinajstić information content (AvgIpc) is 3.48. The summed E-state index contributed by atoms with van der Waals surface area (Å²) >= 11 is 3.56. The Morgan fingerprint density at radius 1 is 1.41 bits per heavy atom. The fourth-order valence-corrected chi connectivity index (χ4v) is 4.23. The molecule has 1 amide bonds. The Morgan fingerprint density at radius 2 is 2.17 bits per heavy atom. The number of aromatic nitrogens is 2. The Morgan fingerprint density at radius 3 is 2.86 bits per heavy atom. The van der Waals surface area contributed by atoms with Crippen LogP contribution >= 0.6 is 15.9 Å². The lowest BCUT2D eigenvalue weighted by Gasteiger charge is -2.19. The number of benzene rings is 1. The van der Waals surface area contributed by atoms with Gasteiger partial charge in [0.25, 0.3) is 5.56 Å². The summed E-state index contributed by atoms with van der Waals surface area (Å²) < 4.78 is 8.32. The monoisotopic (exact) mass is 459 g/mol. The molecular weight excluding hydrogens is 438 g/mol. The molecule has 1 saturated carbocycles. The van der Waals surface area contributed by atoms with Crippen LogP contribution in [-0.2, 0) is 7.05 Å². The normalized spacial score (nSPS) is 14.9. The molecule has 1 atom stereocenters. The van der Waals surface area contributed by atoms with Gasteiger partial charge in [0.1, 0.15) is 12.4 Å². The van der Waals surface area contributed by atoms with Crippen LogP contribution in [0.1, 0.15) is 25.0 Å². The number of aryl methyl sites for hydroxylation is 2. The Balaban J connectivity index is 1.71. The molecule has 1 aliphatic carbocycles. The zero-order chi connectivity index (χ0) is 20.7. The van der Waals surface area contributed by atoms with Gasteiger partial charge in [-0.3, -0.25) is 9.78 Å². The van der Waals surface area contributed by atoms with E-state index in [4.69, 9.17) is 9.84 Å². The van der Waals surface area contributed by atoms with E-state index in [1.54, 1.807) is 17.8 Å². The molecule has 29 heavy (non-hydrogen) atoms. The van der Waals surface area contributed by atoms with Crippen molar-refractivity contribution in [2.45, 2.75) is 32.2 Å². The number of fused-ring (bicyclic) bond motifs is 3. The van der Waals surface area contributed by atoms with Crippen molar-refractivity contribution >= 4 is 43.7 Å². The van der Waals surface area contributed by atoms with Gasteiger partial charge in [0.05, 0.1) is 27.1 Å². The Bertz CT molecular complexity index is 1170. The van der Waals surface area contributed by atoms with Crippen LogP contribution in [0.4, 0.5) is 4.79 Å². The standard InChI is InChI=1S/C21H22BrN3O4/c1-11-19-14(5-6-23-11)15-8-16(22)18(9-17(15)25(2)20(19)26)29-10-13(24-21(27)28)7-12-3-4-12/h5-6,8-9,12-13,24H,3-4,7,10H2,1-2H3,(H,27,28). The van der Waals surface area contributed by atoms with Crippen molar-refractivity contribution in [1.29, 1.82) is 0 Å². The van der Waals surface area contributed by atoms with Crippen LogP contribution in [0.25, 0.3) is 21.7 Å². The van der Waals surface area contributed by atoms with Gasteiger partial charge < -0.3 is 19.7 Å². The summed E-state index contributed by atoms with van der Waals surface area (Å²) in [5, 5.41) is 14.0. The number of ether oxygens (including phenoxy) is 1. The van der Waals surface area contributed by atoms with Crippen LogP contribution < -0.4 is 15.6 Å². The third kappa shape index (κ3) is 3.94. The molecule has 8 heteroatoms. The smallest absolute Gasteiger partial charge is 0.404 e. The summed E-state index contributed by atoms with van der Waals surface area (Å²) in [5.74, 6) is 1.14. The first kappa shape index (κ1) is 19.7. The summed E-state index contributed by atoms with van der Waals surface area (Å²) in [6.45, 7) is 2.06. The molecule has 3 aromatic rings. The van der Waals surface area contributed by atoms with Gasteiger partial charge in [0.15, 0.2) is 0 Å². The lowest BCUT2D eigenvalue weighted by molar-refractivity contribution is 0.178. The van der Waals surface area contributed by atoms with Crippen molar-refractivity contribution in [1.82, 2.24) is 14.9 Å². The highest BCUT2D eigenvalue weighted by Crippen LogP contribution is 2.35. The molecule has 2 N–H and O–H groups in total. The van der Waals surface area contributed by atoms with Gasteiger partial charge in [-0.15, -0.1) is 0 Å². The van der Waals surface area contributed by atoms with Crippen LogP contribution in [-0.4, -0.2) is 33.4 Å². The van der Waals surface area contributed by atoms with Crippen LogP contribution in [0.2, 0.25) is 0 Å². The molecule has 1 aromatic carbocycles. The fraction of sp³-hybridized carbons (Fsp3) is 0.381. The van der Waals surface area contributed by atoms with Gasteiger partial charge in [0.2, 0.25) is 0 Å². The molecule has 0 radical (unpaired) electrons. The minimum Gasteiger partial charge on any atom is -0.490 e. The molecule has 0 saturated heterocycles.